The van der Waals surface area contributed by atoms with Crippen LogP contribution in [0.3, 0.4) is 0 Å². The van der Waals surface area contributed by atoms with E-state index < -0.39 is 17.9 Å². The third kappa shape index (κ3) is 4.23. The van der Waals surface area contributed by atoms with Gasteiger partial charge in [0.2, 0.25) is 0 Å². The van der Waals surface area contributed by atoms with Crippen molar-refractivity contribution in [2.24, 2.45) is 5.92 Å². The molecule has 3 rings (SSSR count). The van der Waals surface area contributed by atoms with Crippen molar-refractivity contribution >= 4 is 17.7 Å². The lowest BCUT2D eigenvalue weighted by Crippen LogP contribution is -2.39. The van der Waals surface area contributed by atoms with Crippen LogP contribution < -0.4 is 15.0 Å². The Bertz CT molecular complexity index is 657. The summed E-state index contributed by atoms with van der Waals surface area (Å²) in [7, 11) is 1.28. The molecule has 1 aromatic rings. The van der Waals surface area contributed by atoms with E-state index in [2.05, 4.69) is 24.9 Å². The molecule has 1 aliphatic heterocycles. The Kier molecular flexibility index (Phi) is 5.90. The Morgan fingerprint density at radius 1 is 1.31 bits per heavy atom. The number of hydrogen-bond acceptors (Lipinski definition) is 7. The Morgan fingerprint density at radius 3 is 2.65 bits per heavy atom. The smallest absolute Gasteiger partial charge is 0.328 e. The van der Waals surface area contributed by atoms with Crippen molar-refractivity contribution in [3.05, 3.63) is 11.9 Å². The molecule has 0 bridgehead atoms. The third-order valence-corrected chi connectivity index (χ3v) is 4.94. The minimum absolute atomic E-state index is 0.132. The van der Waals surface area contributed by atoms with Crippen LogP contribution in [0.5, 0.6) is 5.88 Å². The van der Waals surface area contributed by atoms with Crippen molar-refractivity contribution < 1.29 is 19.1 Å². The Balaban J connectivity index is 1.75. The van der Waals surface area contributed by atoms with Crippen LogP contribution in [0.2, 0.25) is 0 Å². The van der Waals surface area contributed by atoms with Crippen LogP contribution in [-0.4, -0.2) is 54.7 Å². The molecule has 1 aliphatic carbocycles. The molecule has 2 aliphatic rings. The van der Waals surface area contributed by atoms with E-state index in [9.17, 15) is 9.59 Å². The zero-order valence-corrected chi connectivity index (χ0v) is 15.4. The lowest BCUT2D eigenvalue weighted by molar-refractivity contribution is -0.142. The number of esters is 1. The Hall–Kier alpha value is -2.38. The van der Waals surface area contributed by atoms with Gasteiger partial charge in [-0.2, -0.15) is 0 Å². The number of aromatic nitrogens is 2. The molecule has 2 fully saturated rings. The molecule has 8 heteroatoms. The van der Waals surface area contributed by atoms with Crippen molar-refractivity contribution in [3.63, 3.8) is 0 Å². The van der Waals surface area contributed by atoms with Gasteiger partial charge in [0.1, 0.15) is 6.04 Å². The van der Waals surface area contributed by atoms with Gasteiger partial charge in [0.05, 0.1) is 19.9 Å². The fourth-order valence-corrected chi connectivity index (χ4v) is 3.08. The molecule has 0 spiro atoms. The van der Waals surface area contributed by atoms with Crippen molar-refractivity contribution in [1.29, 1.82) is 0 Å². The van der Waals surface area contributed by atoms with Gasteiger partial charge in [-0.25, -0.2) is 14.8 Å². The van der Waals surface area contributed by atoms with Gasteiger partial charge in [0.25, 0.3) is 11.8 Å². The van der Waals surface area contributed by atoms with Crippen LogP contribution in [-0.2, 0) is 9.53 Å². The van der Waals surface area contributed by atoms with E-state index in [0.717, 1.165) is 25.9 Å². The van der Waals surface area contributed by atoms with Crippen molar-refractivity contribution in [1.82, 2.24) is 15.3 Å². The normalized spacial score (nSPS) is 18.2. The number of amides is 1. The van der Waals surface area contributed by atoms with Crippen LogP contribution >= 0.6 is 0 Å². The van der Waals surface area contributed by atoms with Gasteiger partial charge in [0.15, 0.2) is 11.5 Å². The van der Waals surface area contributed by atoms with E-state index in [0.29, 0.717) is 24.2 Å². The van der Waals surface area contributed by atoms with Gasteiger partial charge in [-0.05, 0) is 38.5 Å². The standard InChI is InChI=1S/C18H26N4O4/c1-12(18(24)25-2)20-16(23)14-10-19-15(22-8-3-4-9-22)17(21-14)26-11-13-6-5-7-13/h10,12-13H,3-9,11H2,1-2H3,(H,20,23). The van der Waals surface area contributed by atoms with Gasteiger partial charge < -0.3 is 19.7 Å². The number of carbonyl (C=O) groups is 2. The first-order chi connectivity index (χ1) is 12.6. The number of methoxy groups -OCH3 is 1. The highest BCUT2D eigenvalue weighted by molar-refractivity contribution is 5.95. The number of hydrogen-bond donors (Lipinski definition) is 1. The SMILES string of the molecule is COC(=O)C(C)NC(=O)c1cnc(N2CCCC2)c(OCC2CCC2)n1. The van der Waals surface area contributed by atoms with E-state index in [1.54, 1.807) is 6.92 Å². The van der Waals surface area contributed by atoms with Crippen LogP contribution in [0.4, 0.5) is 5.82 Å². The average molecular weight is 362 g/mol. The summed E-state index contributed by atoms with van der Waals surface area (Å²) >= 11 is 0. The first-order valence-corrected chi connectivity index (χ1v) is 9.22. The summed E-state index contributed by atoms with van der Waals surface area (Å²) < 4.78 is 10.6. The third-order valence-electron chi connectivity index (χ3n) is 4.94. The molecule has 26 heavy (non-hydrogen) atoms. The lowest BCUT2D eigenvalue weighted by atomic mass is 9.86. The molecule has 142 valence electrons. The quantitative estimate of drug-likeness (QED) is 0.736. The summed E-state index contributed by atoms with van der Waals surface area (Å²) in [5, 5.41) is 2.57. The molecule has 1 amide bonds. The number of carbonyl (C=O) groups excluding carboxylic acids is 2. The van der Waals surface area contributed by atoms with Crippen molar-refractivity contribution in [3.8, 4) is 5.88 Å². The summed E-state index contributed by atoms with van der Waals surface area (Å²) in [6.07, 6.45) is 7.24. The summed E-state index contributed by atoms with van der Waals surface area (Å²) in [6.45, 7) is 3.99. The molecule has 2 heterocycles. The van der Waals surface area contributed by atoms with Crippen LogP contribution in [0, 0.1) is 5.92 Å². The molecular weight excluding hydrogens is 336 g/mol. The van der Waals surface area contributed by atoms with E-state index in [1.807, 2.05) is 0 Å². The van der Waals surface area contributed by atoms with Crippen LogP contribution in [0.1, 0.15) is 49.5 Å². The zero-order valence-electron chi connectivity index (χ0n) is 15.4. The maximum absolute atomic E-state index is 12.4. The summed E-state index contributed by atoms with van der Waals surface area (Å²) in [5.74, 6) is 0.662. The maximum Gasteiger partial charge on any atom is 0.328 e. The number of anilines is 1. The maximum atomic E-state index is 12.4. The molecule has 1 atom stereocenters. The van der Waals surface area contributed by atoms with Crippen molar-refractivity contribution in [2.75, 3.05) is 31.7 Å². The summed E-state index contributed by atoms with van der Waals surface area (Å²) in [5.41, 5.74) is 0.132. The highest BCUT2D eigenvalue weighted by atomic mass is 16.5. The van der Waals surface area contributed by atoms with Crippen LogP contribution in [0.15, 0.2) is 6.20 Å². The first-order valence-electron chi connectivity index (χ1n) is 9.22. The highest BCUT2D eigenvalue weighted by Gasteiger charge is 2.25. The van der Waals surface area contributed by atoms with Gasteiger partial charge in [-0.15, -0.1) is 0 Å². The molecule has 1 aromatic heterocycles. The predicted octanol–water partition coefficient (Wildman–Crippen LogP) is 1.55. The molecule has 1 saturated carbocycles. The topological polar surface area (TPSA) is 93.6 Å². The number of ether oxygens (including phenoxy) is 2. The minimum Gasteiger partial charge on any atom is -0.475 e. The molecule has 0 radical (unpaired) electrons. The summed E-state index contributed by atoms with van der Waals surface area (Å²) in [4.78, 5) is 34.8. The van der Waals surface area contributed by atoms with E-state index >= 15 is 0 Å². The number of nitrogens with one attached hydrogen (secondary N) is 1. The molecular formula is C18H26N4O4. The second-order valence-electron chi connectivity index (χ2n) is 6.90. The zero-order chi connectivity index (χ0) is 18.5. The van der Waals surface area contributed by atoms with Gasteiger partial charge in [-0.3, -0.25) is 4.79 Å². The second kappa shape index (κ2) is 8.33. The number of nitrogens with zero attached hydrogens (tertiary/aromatic N) is 3. The van der Waals surface area contributed by atoms with Crippen LogP contribution in [0.25, 0.3) is 0 Å². The average Bonchev–Trinajstić information content (AvgIpc) is 3.13. The van der Waals surface area contributed by atoms with E-state index in [-0.39, 0.29) is 5.69 Å². The van der Waals surface area contributed by atoms with Gasteiger partial charge in [-0.1, -0.05) is 6.42 Å². The van der Waals surface area contributed by atoms with Gasteiger partial charge in [0, 0.05) is 13.1 Å². The lowest BCUT2D eigenvalue weighted by Gasteiger charge is -2.26. The Labute approximate surface area is 153 Å². The largest absolute Gasteiger partial charge is 0.475 e. The first kappa shape index (κ1) is 18.4. The molecule has 0 aromatic carbocycles. The highest BCUT2D eigenvalue weighted by Crippen LogP contribution is 2.30. The molecule has 1 N–H and O–H groups in total. The van der Waals surface area contributed by atoms with Gasteiger partial charge >= 0.3 is 5.97 Å². The fraction of sp³-hybridized carbons (Fsp3) is 0.667. The van der Waals surface area contributed by atoms with E-state index in [4.69, 9.17) is 4.74 Å². The van der Waals surface area contributed by atoms with Crippen molar-refractivity contribution in [2.45, 2.75) is 45.1 Å². The monoisotopic (exact) mass is 362 g/mol. The number of rotatable bonds is 7. The minimum atomic E-state index is -0.757. The molecule has 8 nitrogen and oxygen atoms in total. The molecule has 1 unspecified atom stereocenters. The Morgan fingerprint density at radius 2 is 2.04 bits per heavy atom. The fourth-order valence-electron chi connectivity index (χ4n) is 3.08. The molecule has 1 saturated heterocycles. The van der Waals surface area contributed by atoms with E-state index in [1.165, 1.54) is 32.6 Å². The predicted molar refractivity (Wildman–Crippen MR) is 95.3 cm³/mol. The second-order valence-corrected chi connectivity index (χ2v) is 6.90. The summed E-state index contributed by atoms with van der Waals surface area (Å²) in [6, 6.07) is -0.757.